The van der Waals surface area contributed by atoms with Crippen molar-refractivity contribution in [2.24, 2.45) is 0 Å². The van der Waals surface area contributed by atoms with Gasteiger partial charge in [-0.15, -0.1) is 0 Å². The maximum atomic E-state index is 12.0. The Morgan fingerprint density at radius 3 is 2.56 bits per heavy atom. The minimum atomic E-state index is -0.340. The van der Waals surface area contributed by atoms with E-state index in [-0.39, 0.29) is 42.6 Å². The Bertz CT molecular complexity index is 947. The molecule has 0 fully saturated rings. The quantitative estimate of drug-likeness (QED) is 0.568. The van der Waals surface area contributed by atoms with Crippen LogP contribution in [0.3, 0.4) is 0 Å². The van der Waals surface area contributed by atoms with Crippen LogP contribution >= 0.6 is 0 Å². The van der Waals surface area contributed by atoms with E-state index < -0.39 is 0 Å². The molecule has 25 heavy (non-hydrogen) atoms. The Morgan fingerprint density at radius 1 is 1.04 bits per heavy atom. The number of fused-ring (bicyclic) bond motifs is 1. The highest BCUT2D eigenvalue weighted by Crippen LogP contribution is 2.12. The largest absolute Gasteiger partial charge is 0.459 e. The van der Waals surface area contributed by atoms with Gasteiger partial charge in [-0.3, -0.25) is 14.4 Å². The smallest absolute Gasteiger partial charge is 0.287 e. The minimum absolute atomic E-state index is 0.0312. The maximum Gasteiger partial charge on any atom is 0.287 e. The van der Waals surface area contributed by atoms with Crippen LogP contribution in [0, 0.1) is 0 Å². The molecular weight excluding hydrogens is 324 g/mol. The second kappa shape index (κ2) is 7.43. The molecule has 2 heterocycles. The first-order chi connectivity index (χ1) is 12.1. The summed E-state index contributed by atoms with van der Waals surface area (Å²) >= 11 is 0. The lowest BCUT2D eigenvalue weighted by molar-refractivity contribution is -0.120. The molecule has 2 aromatic heterocycles. The van der Waals surface area contributed by atoms with Gasteiger partial charge in [0.05, 0.1) is 23.8 Å². The zero-order valence-corrected chi connectivity index (χ0v) is 13.2. The Kier molecular flexibility index (Phi) is 4.89. The number of rotatable bonds is 6. The summed E-state index contributed by atoms with van der Waals surface area (Å²) in [5.41, 5.74) is 0.202. The molecule has 0 saturated heterocycles. The number of H-pyrrole nitrogens is 1. The van der Waals surface area contributed by atoms with E-state index in [4.69, 9.17) is 4.42 Å². The van der Waals surface area contributed by atoms with Gasteiger partial charge in [0, 0.05) is 18.5 Å². The average Bonchev–Trinajstić information content (AvgIpc) is 3.16. The predicted octanol–water partition coefficient (Wildman–Crippen LogP) is 0.605. The number of benzene rings is 1. The minimum Gasteiger partial charge on any atom is -0.459 e. The normalized spacial score (nSPS) is 10.6. The number of nitrogens with zero attached hydrogens (tertiary/aromatic N) is 1. The zero-order valence-electron chi connectivity index (χ0n) is 13.2. The van der Waals surface area contributed by atoms with Crippen LogP contribution in [0.2, 0.25) is 0 Å². The van der Waals surface area contributed by atoms with Crippen molar-refractivity contribution in [2.75, 3.05) is 13.1 Å². The fourth-order valence-corrected chi connectivity index (χ4v) is 2.39. The van der Waals surface area contributed by atoms with Crippen LogP contribution in [0.15, 0.2) is 51.9 Å². The van der Waals surface area contributed by atoms with E-state index >= 15 is 0 Å². The van der Waals surface area contributed by atoms with E-state index in [1.54, 1.807) is 36.4 Å². The van der Waals surface area contributed by atoms with Crippen molar-refractivity contribution in [3.05, 3.63) is 64.5 Å². The fraction of sp³-hybridized carbons (Fsp3) is 0.176. The van der Waals surface area contributed by atoms with E-state index in [9.17, 15) is 14.4 Å². The second-order valence-electron chi connectivity index (χ2n) is 5.30. The number of amides is 2. The van der Waals surface area contributed by atoms with Crippen LogP contribution in [-0.4, -0.2) is 35.1 Å². The van der Waals surface area contributed by atoms with Crippen molar-refractivity contribution in [3.8, 4) is 0 Å². The van der Waals surface area contributed by atoms with Crippen molar-refractivity contribution in [1.29, 1.82) is 0 Å². The SMILES string of the molecule is O=C(Cc1n[nH]c(=O)c2ccccc12)NCCNC(=O)c1ccco1. The molecule has 128 valence electrons. The molecule has 0 aliphatic carbocycles. The Hall–Kier alpha value is -3.42. The molecule has 8 heteroatoms. The summed E-state index contributed by atoms with van der Waals surface area (Å²) in [7, 11) is 0. The van der Waals surface area contributed by atoms with E-state index in [0.717, 1.165) is 0 Å². The first kappa shape index (κ1) is 16.4. The van der Waals surface area contributed by atoms with Gasteiger partial charge in [0.25, 0.3) is 11.5 Å². The summed E-state index contributed by atoms with van der Waals surface area (Å²) in [4.78, 5) is 35.4. The number of hydrogen-bond acceptors (Lipinski definition) is 5. The molecular formula is C17H16N4O4. The van der Waals surface area contributed by atoms with Gasteiger partial charge >= 0.3 is 0 Å². The molecule has 0 atom stereocenters. The van der Waals surface area contributed by atoms with Gasteiger partial charge in [-0.25, -0.2) is 5.10 Å². The highest BCUT2D eigenvalue weighted by Gasteiger charge is 2.11. The third kappa shape index (κ3) is 3.92. The number of carbonyl (C=O) groups excluding carboxylic acids is 2. The molecule has 2 amide bonds. The van der Waals surface area contributed by atoms with Crippen molar-refractivity contribution in [1.82, 2.24) is 20.8 Å². The highest BCUT2D eigenvalue weighted by atomic mass is 16.3. The van der Waals surface area contributed by atoms with Gasteiger partial charge in [-0.2, -0.15) is 5.10 Å². The molecule has 3 N–H and O–H groups in total. The molecule has 0 spiro atoms. The summed E-state index contributed by atoms with van der Waals surface area (Å²) in [6.45, 7) is 0.539. The molecule has 0 radical (unpaired) electrons. The van der Waals surface area contributed by atoms with Crippen LogP contribution < -0.4 is 16.2 Å². The van der Waals surface area contributed by atoms with Gasteiger partial charge in [0.1, 0.15) is 0 Å². The van der Waals surface area contributed by atoms with Crippen molar-refractivity contribution >= 4 is 22.6 Å². The topological polar surface area (TPSA) is 117 Å². The number of aromatic nitrogens is 2. The summed E-state index contributed by atoms with van der Waals surface area (Å²) in [6, 6.07) is 10.2. The molecule has 3 aromatic rings. The van der Waals surface area contributed by atoms with E-state index in [0.29, 0.717) is 16.5 Å². The van der Waals surface area contributed by atoms with Gasteiger partial charge in [0.15, 0.2) is 5.76 Å². The van der Waals surface area contributed by atoms with E-state index in [2.05, 4.69) is 20.8 Å². The lowest BCUT2D eigenvalue weighted by Gasteiger charge is -2.07. The fourth-order valence-electron chi connectivity index (χ4n) is 2.39. The standard InChI is InChI=1S/C17H16N4O4/c22-15(18-7-8-19-17(24)14-6-3-9-25-14)10-13-11-4-1-2-5-12(11)16(23)21-20-13/h1-6,9H,7-8,10H2,(H,18,22)(H,19,24)(H,21,23). The Labute approximate surface area is 142 Å². The average molecular weight is 340 g/mol. The van der Waals surface area contributed by atoms with Crippen LogP contribution in [0.25, 0.3) is 10.8 Å². The van der Waals surface area contributed by atoms with Gasteiger partial charge in [-0.1, -0.05) is 18.2 Å². The third-order valence-electron chi connectivity index (χ3n) is 3.58. The number of furan rings is 1. The monoisotopic (exact) mass is 340 g/mol. The first-order valence-electron chi connectivity index (χ1n) is 7.70. The van der Waals surface area contributed by atoms with Crippen molar-refractivity contribution in [3.63, 3.8) is 0 Å². The van der Waals surface area contributed by atoms with Crippen LogP contribution in [0.4, 0.5) is 0 Å². The third-order valence-corrected chi connectivity index (χ3v) is 3.58. The molecule has 0 unspecified atom stereocenters. The van der Waals surface area contributed by atoms with Crippen LogP contribution in [0.1, 0.15) is 16.2 Å². The highest BCUT2D eigenvalue weighted by molar-refractivity contribution is 5.91. The predicted molar refractivity (Wildman–Crippen MR) is 90.1 cm³/mol. The number of nitrogens with one attached hydrogen (secondary N) is 3. The van der Waals surface area contributed by atoms with Crippen molar-refractivity contribution in [2.45, 2.75) is 6.42 Å². The molecule has 3 rings (SSSR count). The number of aromatic amines is 1. The van der Waals surface area contributed by atoms with E-state index in [1.165, 1.54) is 6.26 Å². The zero-order chi connectivity index (χ0) is 17.6. The maximum absolute atomic E-state index is 12.0. The summed E-state index contributed by atoms with van der Waals surface area (Å²) in [6.07, 6.45) is 1.45. The number of carbonyl (C=O) groups is 2. The lowest BCUT2D eigenvalue weighted by Crippen LogP contribution is -2.35. The lowest BCUT2D eigenvalue weighted by atomic mass is 10.1. The van der Waals surface area contributed by atoms with Gasteiger partial charge in [-0.05, 0) is 18.2 Å². The molecule has 0 bridgehead atoms. The summed E-state index contributed by atoms with van der Waals surface area (Å²) in [5, 5.41) is 12.8. The molecule has 8 nitrogen and oxygen atoms in total. The molecule has 1 aromatic carbocycles. The van der Waals surface area contributed by atoms with Gasteiger partial charge in [0.2, 0.25) is 5.91 Å². The van der Waals surface area contributed by atoms with Gasteiger partial charge < -0.3 is 15.1 Å². The Morgan fingerprint density at radius 2 is 1.80 bits per heavy atom. The first-order valence-corrected chi connectivity index (χ1v) is 7.70. The van der Waals surface area contributed by atoms with Crippen molar-refractivity contribution < 1.29 is 14.0 Å². The second-order valence-corrected chi connectivity index (χ2v) is 5.30. The van der Waals surface area contributed by atoms with Crippen LogP contribution in [-0.2, 0) is 11.2 Å². The summed E-state index contributed by atoms with van der Waals surface area (Å²) in [5.74, 6) is -0.375. The summed E-state index contributed by atoms with van der Waals surface area (Å²) < 4.78 is 4.97. The van der Waals surface area contributed by atoms with E-state index in [1.807, 2.05) is 0 Å². The van der Waals surface area contributed by atoms with Crippen LogP contribution in [0.5, 0.6) is 0 Å². The molecule has 0 aliphatic heterocycles. The Balaban J connectivity index is 1.52. The molecule has 0 aliphatic rings. The molecule has 0 saturated carbocycles. The number of hydrogen-bond donors (Lipinski definition) is 3.